The number of halogens is 1. The minimum atomic E-state index is -3.35. The molecule has 4 N–H and O–H groups in total. The summed E-state index contributed by atoms with van der Waals surface area (Å²) in [4.78, 5) is 10.4. The lowest BCUT2D eigenvalue weighted by atomic mass is 10.2. The van der Waals surface area contributed by atoms with Crippen LogP contribution in [0.5, 0.6) is 0 Å². The third kappa shape index (κ3) is 9.17. The van der Waals surface area contributed by atoms with Gasteiger partial charge in [-0.1, -0.05) is 18.2 Å². The highest BCUT2D eigenvalue weighted by atomic mass is 79.9. The quantitative estimate of drug-likeness (QED) is 0.732. The van der Waals surface area contributed by atoms with Crippen molar-refractivity contribution in [2.24, 2.45) is 10.9 Å². The van der Waals surface area contributed by atoms with Gasteiger partial charge in [0.25, 0.3) is 8.46 Å². The highest BCUT2D eigenvalue weighted by Crippen LogP contribution is 1.94. The molecule has 1 aromatic carbocycles. The monoisotopic (exact) mass is 281 g/mol. The molecular weight excluding hydrogens is 272 g/mol. The molecule has 0 radical (unpaired) electrons. The van der Waals surface area contributed by atoms with E-state index in [0.717, 1.165) is 0 Å². The van der Waals surface area contributed by atoms with E-state index in [1.165, 1.54) is 0 Å². The molecule has 0 bridgehead atoms. The standard InChI is InChI=1S/C7H7NO.BrH2NO2S/c8-7(9)6-4-2-1-3-5-6;1-5(2,3)4/h1-5H,(H2,8,9);(H2,2,3,4)/p+1. The predicted octanol–water partition coefficient (Wildman–Crippen LogP) is 0.483. The third-order valence-corrected chi connectivity index (χ3v) is 1.06. The van der Waals surface area contributed by atoms with E-state index in [2.05, 4.69) is 20.0 Å². The van der Waals surface area contributed by atoms with Gasteiger partial charge in [-0.25, -0.2) is 13.6 Å². The molecule has 0 fully saturated rings. The predicted molar refractivity (Wildman–Crippen MR) is 58.1 cm³/mol. The Morgan fingerprint density at radius 3 is 1.86 bits per heavy atom. The fourth-order valence-electron chi connectivity index (χ4n) is 0.602. The lowest BCUT2D eigenvalue weighted by molar-refractivity contribution is 0.100. The van der Waals surface area contributed by atoms with Crippen LogP contribution in [0.3, 0.4) is 0 Å². The highest BCUT2D eigenvalue weighted by Gasteiger charge is 1.93. The van der Waals surface area contributed by atoms with Gasteiger partial charge in [0.2, 0.25) is 5.91 Å². The van der Waals surface area contributed by atoms with Crippen LogP contribution in [0.25, 0.3) is 0 Å². The largest absolute Gasteiger partial charge is 1.00 e. The number of nitrogens with two attached hydrogens (primary N) is 2. The van der Waals surface area contributed by atoms with E-state index in [1.807, 2.05) is 6.07 Å². The zero-order chi connectivity index (χ0) is 11.2. The Labute approximate surface area is 90.8 Å². The van der Waals surface area contributed by atoms with E-state index in [0.29, 0.717) is 5.56 Å². The van der Waals surface area contributed by atoms with E-state index in [1.54, 1.807) is 24.3 Å². The van der Waals surface area contributed by atoms with Gasteiger partial charge in [-0.05, 0) is 12.1 Å². The fourth-order valence-corrected chi connectivity index (χ4v) is 0.602. The van der Waals surface area contributed by atoms with Gasteiger partial charge in [0.05, 0.1) is 14.8 Å². The zero-order valence-corrected chi connectivity index (χ0v) is 9.45. The van der Waals surface area contributed by atoms with Crippen molar-refractivity contribution in [2.45, 2.75) is 0 Å². The van der Waals surface area contributed by atoms with E-state index >= 15 is 0 Å². The minimum absolute atomic E-state index is 0. The van der Waals surface area contributed by atoms with E-state index < -0.39 is 8.46 Å². The van der Waals surface area contributed by atoms with Gasteiger partial charge >= 0.3 is 1.43 Å². The minimum Gasteiger partial charge on any atom is -0.366 e. The van der Waals surface area contributed by atoms with Gasteiger partial charge < -0.3 is 5.73 Å². The average Bonchev–Trinajstić information content (AvgIpc) is 2.03. The average molecular weight is 282 g/mol. The van der Waals surface area contributed by atoms with Crippen molar-refractivity contribution in [1.82, 2.24) is 0 Å². The summed E-state index contributed by atoms with van der Waals surface area (Å²) in [7, 11) is -3.35. The fraction of sp³-hybridized carbons (Fsp3) is 0. The number of carbonyl (C=O) groups excluding carboxylic acids is 1. The highest BCUT2D eigenvalue weighted by molar-refractivity contribution is 9.47. The summed E-state index contributed by atoms with van der Waals surface area (Å²) < 4.78 is 18.7. The molecule has 1 aromatic rings. The van der Waals surface area contributed by atoms with Crippen molar-refractivity contribution < 1.29 is 14.6 Å². The number of amides is 1. The summed E-state index contributed by atoms with van der Waals surface area (Å²) in [5.41, 5.74) is 5.53. The topological polar surface area (TPSA) is 103 Å². The molecule has 0 spiro atoms. The second-order valence-corrected chi connectivity index (χ2v) is 5.86. The molecule has 0 atom stereocenters. The van der Waals surface area contributed by atoms with Gasteiger partial charge in [0.15, 0.2) is 0 Å². The van der Waals surface area contributed by atoms with Crippen LogP contribution in [-0.2, 0) is 8.46 Å². The molecule has 0 saturated heterocycles. The molecule has 78 valence electrons. The molecule has 0 aliphatic heterocycles. The summed E-state index contributed by atoms with van der Waals surface area (Å²) >= 11 is 2.12. The smallest absolute Gasteiger partial charge is 0.366 e. The van der Waals surface area contributed by atoms with E-state index in [9.17, 15) is 13.2 Å². The lowest BCUT2D eigenvalue weighted by Crippen LogP contribution is -2.09. The summed E-state index contributed by atoms with van der Waals surface area (Å²) in [6, 6.07) is 8.76. The second kappa shape index (κ2) is 5.74. The van der Waals surface area contributed by atoms with Crippen LogP contribution in [0.2, 0.25) is 0 Å². The first-order chi connectivity index (χ1) is 6.30. The van der Waals surface area contributed by atoms with Crippen LogP contribution in [0.4, 0.5) is 0 Å². The number of carbonyl (C=O) groups is 1. The maximum absolute atomic E-state index is 10.4. The Balaban J connectivity index is 0. The number of primary amides is 1. The first-order valence-electron chi connectivity index (χ1n) is 3.38. The number of hydrogen-bond acceptors (Lipinski definition) is 3. The van der Waals surface area contributed by atoms with Crippen molar-refractivity contribution in [3.05, 3.63) is 35.9 Å². The summed E-state index contributed by atoms with van der Waals surface area (Å²) in [5, 5.41) is 4.24. The molecule has 0 aromatic heterocycles. The molecule has 1 amide bonds. The van der Waals surface area contributed by atoms with Crippen molar-refractivity contribution in [3.8, 4) is 0 Å². The zero-order valence-electron chi connectivity index (χ0n) is 8.05. The van der Waals surface area contributed by atoms with Crippen LogP contribution < -0.4 is 10.9 Å². The van der Waals surface area contributed by atoms with Crippen molar-refractivity contribution in [1.29, 1.82) is 0 Å². The molecule has 0 aliphatic carbocycles. The number of benzene rings is 1. The maximum Gasteiger partial charge on any atom is 1.00 e. The number of hydrogen-bond donors (Lipinski definition) is 2. The Bertz CT molecular complexity index is 388. The number of rotatable bonds is 1. The SMILES string of the molecule is NC(=O)c1ccccc1.NS(=O)(=O)Br.[H+]. The Morgan fingerprint density at radius 2 is 1.64 bits per heavy atom. The van der Waals surface area contributed by atoms with Crippen LogP contribution >= 0.6 is 14.8 Å². The van der Waals surface area contributed by atoms with Crippen molar-refractivity contribution >= 4 is 29.2 Å². The first kappa shape index (κ1) is 13.1. The third-order valence-electron chi connectivity index (χ3n) is 1.06. The first-order valence-corrected chi connectivity index (χ1v) is 6.77. The van der Waals surface area contributed by atoms with Crippen LogP contribution in [0.1, 0.15) is 11.8 Å². The molecule has 5 nitrogen and oxygen atoms in total. The van der Waals surface area contributed by atoms with Gasteiger partial charge in [-0.15, -0.1) is 0 Å². The second-order valence-electron chi connectivity index (χ2n) is 2.21. The molecular formula is C7H10BrN2O3S+. The normalized spacial score (nSPS) is 9.86. The lowest BCUT2D eigenvalue weighted by Gasteiger charge is -1.89. The van der Waals surface area contributed by atoms with E-state index in [-0.39, 0.29) is 7.33 Å². The van der Waals surface area contributed by atoms with E-state index in [4.69, 9.17) is 5.73 Å². The maximum atomic E-state index is 10.4. The molecule has 0 aliphatic rings. The summed E-state index contributed by atoms with van der Waals surface area (Å²) in [6.07, 6.45) is 0. The van der Waals surface area contributed by atoms with Crippen LogP contribution in [-0.4, -0.2) is 14.3 Å². The Kier molecular flexibility index (Phi) is 5.36. The molecule has 0 saturated carbocycles. The molecule has 0 heterocycles. The van der Waals surface area contributed by atoms with Gasteiger partial charge in [-0.2, -0.15) is 0 Å². The molecule has 0 unspecified atom stereocenters. The van der Waals surface area contributed by atoms with Crippen molar-refractivity contribution in [2.75, 3.05) is 0 Å². The molecule has 14 heavy (non-hydrogen) atoms. The molecule has 1 rings (SSSR count). The summed E-state index contributed by atoms with van der Waals surface area (Å²) in [6.45, 7) is 0. The van der Waals surface area contributed by atoms with Crippen LogP contribution in [0, 0.1) is 0 Å². The Hall–Kier alpha value is -0.920. The van der Waals surface area contributed by atoms with Crippen LogP contribution in [0.15, 0.2) is 30.3 Å². The van der Waals surface area contributed by atoms with Gasteiger partial charge in [-0.3, -0.25) is 4.79 Å². The Morgan fingerprint density at radius 1 is 1.29 bits per heavy atom. The van der Waals surface area contributed by atoms with Gasteiger partial charge in [0, 0.05) is 5.56 Å². The summed E-state index contributed by atoms with van der Waals surface area (Å²) in [5.74, 6) is -0.379. The van der Waals surface area contributed by atoms with Crippen molar-refractivity contribution in [3.63, 3.8) is 0 Å². The van der Waals surface area contributed by atoms with Gasteiger partial charge in [0.1, 0.15) is 0 Å². The molecule has 7 heteroatoms.